The summed E-state index contributed by atoms with van der Waals surface area (Å²) >= 11 is 0. The molecule has 9 nitrogen and oxygen atoms in total. The van der Waals surface area contributed by atoms with Crippen LogP contribution in [0.15, 0.2) is 47.5 Å². The number of benzene rings is 2. The van der Waals surface area contributed by atoms with E-state index in [-0.39, 0.29) is 5.69 Å². The number of amides is 4. The Hall–Kier alpha value is -4.01. The molecule has 0 spiro atoms. The largest absolute Gasteiger partial charge is 0.872 e. The van der Waals surface area contributed by atoms with E-state index in [1.54, 1.807) is 24.3 Å². The number of aromatic carboxylic acids is 1. The monoisotopic (exact) mass is 380 g/mol. The maximum Gasteiger partial charge on any atom is 0.335 e. The number of hydrogen-bond acceptors (Lipinski definition) is 6. The highest BCUT2D eigenvalue weighted by Gasteiger charge is 2.40. The number of imide groups is 2. The molecule has 28 heavy (non-hydrogen) atoms. The third kappa shape index (κ3) is 3.58. The van der Waals surface area contributed by atoms with E-state index in [0.29, 0.717) is 5.69 Å². The Morgan fingerprint density at radius 2 is 1.86 bits per heavy atom. The van der Waals surface area contributed by atoms with E-state index in [1.807, 2.05) is 6.92 Å². The van der Waals surface area contributed by atoms with Gasteiger partial charge in [0.25, 0.3) is 5.91 Å². The molecule has 1 fully saturated rings. The van der Waals surface area contributed by atoms with Crippen LogP contribution in [0.3, 0.4) is 0 Å². The van der Waals surface area contributed by atoms with Crippen molar-refractivity contribution in [1.82, 2.24) is 5.32 Å². The van der Waals surface area contributed by atoms with E-state index in [2.05, 4.69) is 10.3 Å². The highest BCUT2D eigenvalue weighted by molar-refractivity contribution is 6.32. The fraction of sp³-hybridized carbons (Fsp3) is 0.105. The topological polar surface area (TPSA) is 139 Å². The van der Waals surface area contributed by atoms with E-state index in [0.717, 1.165) is 28.8 Å². The Labute approximate surface area is 158 Å². The number of aryl methyl sites for hydroxylation is 1. The minimum atomic E-state index is -1.41. The Morgan fingerprint density at radius 1 is 1.18 bits per heavy atom. The van der Waals surface area contributed by atoms with Crippen LogP contribution < -0.4 is 15.3 Å². The van der Waals surface area contributed by atoms with Crippen LogP contribution in [0.1, 0.15) is 15.9 Å². The maximum absolute atomic E-state index is 12.7. The summed E-state index contributed by atoms with van der Waals surface area (Å²) in [6.07, 6.45) is 1.01. The molecular formula is C19H14N3O6-. The average Bonchev–Trinajstić information content (AvgIpc) is 2.63. The smallest absolute Gasteiger partial charge is 0.335 e. The van der Waals surface area contributed by atoms with Crippen molar-refractivity contribution in [3.63, 3.8) is 0 Å². The van der Waals surface area contributed by atoms with E-state index >= 15 is 0 Å². The lowest BCUT2D eigenvalue weighted by Gasteiger charge is -2.28. The third-order valence-corrected chi connectivity index (χ3v) is 4.06. The molecule has 0 saturated carbocycles. The van der Waals surface area contributed by atoms with Gasteiger partial charge in [-0.3, -0.25) is 19.9 Å². The van der Waals surface area contributed by atoms with Gasteiger partial charge in [0.05, 0.1) is 16.9 Å². The summed E-state index contributed by atoms with van der Waals surface area (Å²) in [7, 11) is 0. The van der Waals surface area contributed by atoms with Crippen LogP contribution >= 0.6 is 0 Å². The van der Waals surface area contributed by atoms with Crippen LogP contribution in [0.25, 0.3) is 0 Å². The molecule has 1 aliphatic rings. The second kappa shape index (κ2) is 7.31. The molecule has 2 aromatic carbocycles. The molecule has 4 amide bonds. The molecule has 1 atom stereocenters. The van der Waals surface area contributed by atoms with Crippen LogP contribution in [0.2, 0.25) is 0 Å². The fourth-order valence-corrected chi connectivity index (χ4v) is 2.59. The molecular weight excluding hydrogens is 366 g/mol. The molecule has 0 bridgehead atoms. The van der Waals surface area contributed by atoms with Crippen molar-refractivity contribution in [3.05, 3.63) is 53.6 Å². The Morgan fingerprint density at radius 3 is 2.50 bits per heavy atom. The van der Waals surface area contributed by atoms with Crippen LogP contribution in [-0.4, -0.2) is 35.1 Å². The van der Waals surface area contributed by atoms with Crippen molar-refractivity contribution in [2.24, 2.45) is 10.9 Å². The number of anilines is 1. The predicted octanol–water partition coefficient (Wildman–Crippen LogP) is 1.37. The van der Waals surface area contributed by atoms with Gasteiger partial charge in [0.2, 0.25) is 5.91 Å². The Bertz CT molecular complexity index is 1010. The SMILES string of the molecule is Cc1ccc(N2C(=O)NC(=O)C(C=Nc3ccc([O-])c(C(=O)O)c3)C2=O)cc1. The van der Waals surface area contributed by atoms with Crippen molar-refractivity contribution in [1.29, 1.82) is 0 Å². The number of carboxylic acid groups (broad SMARTS) is 1. The molecule has 9 heteroatoms. The summed E-state index contributed by atoms with van der Waals surface area (Å²) in [4.78, 5) is 52.7. The zero-order valence-corrected chi connectivity index (χ0v) is 14.6. The van der Waals surface area contributed by atoms with Gasteiger partial charge in [0.1, 0.15) is 0 Å². The first-order valence-corrected chi connectivity index (χ1v) is 8.12. The average molecular weight is 380 g/mol. The second-order valence-electron chi connectivity index (χ2n) is 6.05. The van der Waals surface area contributed by atoms with E-state index < -0.39 is 41.0 Å². The van der Waals surface area contributed by atoms with E-state index in [9.17, 15) is 24.3 Å². The molecule has 142 valence electrons. The van der Waals surface area contributed by atoms with Gasteiger partial charge in [-0.1, -0.05) is 29.5 Å². The summed E-state index contributed by atoms with van der Waals surface area (Å²) in [6.45, 7) is 1.85. The Kier molecular flexibility index (Phi) is 4.90. The quantitative estimate of drug-likeness (QED) is 0.606. The fourth-order valence-electron chi connectivity index (χ4n) is 2.59. The van der Waals surface area contributed by atoms with Crippen molar-refractivity contribution in [2.75, 3.05) is 4.90 Å². The molecule has 0 aliphatic carbocycles. The normalized spacial score (nSPS) is 17.1. The van der Waals surface area contributed by atoms with Gasteiger partial charge in [0.15, 0.2) is 5.92 Å². The first-order chi connectivity index (χ1) is 13.3. The van der Waals surface area contributed by atoms with Gasteiger partial charge in [-0.25, -0.2) is 14.5 Å². The minimum Gasteiger partial charge on any atom is -0.872 e. The predicted molar refractivity (Wildman–Crippen MR) is 96.7 cm³/mol. The number of rotatable bonds is 4. The summed E-state index contributed by atoms with van der Waals surface area (Å²) in [5, 5.41) is 22.6. The zero-order chi connectivity index (χ0) is 20.4. The Balaban J connectivity index is 1.89. The number of urea groups is 1. The number of barbiturate groups is 1. The van der Waals surface area contributed by atoms with Gasteiger partial charge in [-0.2, -0.15) is 0 Å². The number of nitrogens with one attached hydrogen (secondary N) is 1. The lowest BCUT2D eigenvalue weighted by molar-refractivity contribution is -0.268. The highest BCUT2D eigenvalue weighted by atomic mass is 16.4. The first-order valence-electron chi connectivity index (χ1n) is 8.12. The summed E-state index contributed by atoms with van der Waals surface area (Å²) in [5.74, 6) is -5.13. The molecule has 1 heterocycles. The summed E-state index contributed by atoms with van der Waals surface area (Å²) < 4.78 is 0. The molecule has 0 radical (unpaired) electrons. The number of carboxylic acids is 1. The first kappa shape index (κ1) is 18.8. The summed E-state index contributed by atoms with van der Waals surface area (Å²) in [5.41, 5.74) is 0.823. The number of carbonyl (C=O) groups is 4. The second-order valence-corrected chi connectivity index (χ2v) is 6.05. The molecule has 2 N–H and O–H groups in total. The number of nitrogens with zero attached hydrogens (tertiary/aromatic N) is 2. The molecule has 0 aromatic heterocycles. The number of aliphatic imine (C=N–C) groups is 1. The van der Waals surface area contributed by atoms with Crippen LogP contribution in [-0.2, 0) is 9.59 Å². The molecule has 1 unspecified atom stereocenters. The molecule has 2 aromatic rings. The molecule has 1 aliphatic heterocycles. The molecule has 3 rings (SSSR count). The van der Waals surface area contributed by atoms with Crippen molar-refractivity contribution in [3.8, 4) is 5.75 Å². The standard InChI is InChI=1S/C19H15N3O6/c1-10-2-5-12(6-3-10)22-17(25)14(16(24)21-19(22)28)9-20-11-4-7-15(23)13(8-11)18(26)27/h2-9,14,23H,1H3,(H,26,27)(H,21,24,28)/p-1. The summed E-state index contributed by atoms with van der Waals surface area (Å²) in [6, 6.07) is 9.04. The van der Waals surface area contributed by atoms with Crippen LogP contribution in [0.5, 0.6) is 5.75 Å². The number of hydrogen-bond donors (Lipinski definition) is 2. The van der Waals surface area contributed by atoms with E-state index in [1.165, 1.54) is 6.07 Å². The van der Waals surface area contributed by atoms with Crippen molar-refractivity contribution >= 4 is 41.4 Å². The van der Waals surface area contributed by atoms with Crippen molar-refractivity contribution < 1.29 is 29.4 Å². The maximum atomic E-state index is 12.7. The molecule has 1 saturated heterocycles. The lowest BCUT2D eigenvalue weighted by Crippen LogP contribution is -2.58. The van der Waals surface area contributed by atoms with E-state index in [4.69, 9.17) is 5.11 Å². The van der Waals surface area contributed by atoms with Crippen LogP contribution in [0.4, 0.5) is 16.2 Å². The van der Waals surface area contributed by atoms with Gasteiger partial charge in [-0.05, 0) is 31.2 Å². The number of carbonyl (C=O) groups excluding carboxylic acids is 3. The minimum absolute atomic E-state index is 0.0800. The van der Waals surface area contributed by atoms with Gasteiger partial charge in [-0.15, -0.1) is 0 Å². The van der Waals surface area contributed by atoms with Crippen LogP contribution in [0, 0.1) is 12.8 Å². The third-order valence-electron chi connectivity index (χ3n) is 4.06. The van der Waals surface area contributed by atoms with Gasteiger partial charge in [0, 0.05) is 6.21 Å². The van der Waals surface area contributed by atoms with Gasteiger partial charge >= 0.3 is 12.0 Å². The zero-order valence-electron chi connectivity index (χ0n) is 14.6. The van der Waals surface area contributed by atoms with Gasteiger partial charge < -0.3 is 10.2 Å². The lowest BCUT2D eigenvalue weighted by atomic mass is 10.1. The van der Waals surface area contributed by atoms with Crippen molar-refractivity contribution in [2.45, 2.75) is 6.92 Å². The highest BCUT2D eigenvalue weighted by Crippen LogP contribution is 2.23.